The number of amides is 1. The Morgan fingerprint density at radius 3 is 3.05 bits per heavy atom. The van der Waals surface area contributed by atoms with Crippen molar-refractivity contribution in [2.24, 2.45) is 0 Å². The Kier molecular flexibility index (Phi) is 3.23. The maximum Gasteiger partial charge on any atom is 0.331 e. The molecule has 0 bridgehead atoms. The first-order valence-electron chi connectivity index (χ1n) is 6.09. The fraction of sp³-hybridized carbons (Fsp3) is 0.333. The smallest absolute Gasteiger partial charge is 0.331 e. The Bertz CT molecular complexity index is 637. The Hall–Kier alpha value is -2.22. The highest BCUT2D eigenvalue weighted by Gasteiger charge is 2.36. The first kappa shape index (κ1) is 12.8. The van der Waals surface area contributed by atoms with E-state index in [2.05, 4.69) is 10.3 Å². The molecule has 20 heavy (non-hydrogen) atoms. The number of aliphatic carboxylic acids is 1. The van der Waals surface area contributed by atoms with Crippen LogP contribution in [0.15, 0.2) is 23.8 Å². The quantitative estimate of drug-likeness (QED) is 0.892. The molecule has 104 valence electrons. The molecule has 1 unspecified atom stereocenters. The van der Waals surface area contributed by atoms with Gasteiger partial charge in [0, 0.05) is 17.6 Å². The minimum Gasteiger partial charge on any atom is -0.479 e. The maximum absolute atomic E-state index is 12.3. The molecule has 1 atom stereocenters. The third-order valence-electron chi connectivity index (χ3n) is 3.29. The zero-order chi connectivity index (χ0) is 14.1. The minimum atomic E-state index is -1.00. The standard InChI is InChI=1S/C12H12N4O3S/c17-10(7-15-5-3-13-14-15)16-4-1-9-8(2-6-20-9)11(16)12(18)19/h2-3,5-6,11H,1,4,7H2,(H,18,19). The van der Waals surface area contributed by atoms with E-state index in [1.54, 1.807) is 12.3 Å². The van der Waals surface area contributed by atoms with Gasteiger partial charge in [-0.3, -0.25) is 4.79 Å². The number of fused-ring (bicyclic) bond motifs is 1. The fourth-order valence-corrected chi connectivity index (χ4v) is 3.30. The van der Waals surface area contributed by atoms with Crippen LogP contribution in [0.5, 0.6) is 0 Å². The molecule has 1 N–H and O–H groups in total. The van der Waals surface area contributed by atoms with Gasteiger partial charge in [0.05, 0.1) is 6.20 Å². The second kappa shape index (κ2) is 5.04. The molecule has 0 fully saturated rings. The van der Waals surface area contributed by atoms with Gasteiger partial charge in [0.2, 0.25) is 5.91 Å². The van der Waals surface area contributed by atoms with Gasteiger partial charge < -0.3 is 10.0 Å². The second-order valence-corrected chi connectivity index (χ2v) is 5.48. The van der Waals surface area contributed by atoms with Crippen LogP contribution in [0.3, 0.4) is 0 Å². The van der Waals surface area contributed by atoms with E-state index in [1.807, 2.05) is 5.38 Å². The fourth-order valence-electron chi connectivity index (χ4n) is 2.40. The van der Waals surface area contributed by atoms with Crippen molar-refractivity contribution in [2.75, 3.05) is 6.54 Å². The highest BCUT2D eigenvalue weighted by Crippen LogP contribution is 2.33. The Labute approximate surface area is 118 Å². The first-order chi connectivity index (χ1) is 9.66. The van der Waals surface area contributed by atoms with Crippen LogP contribution in [-0.4, -0.2) is 43.4 Å². The summed E-state index contributed by atoms with van der Waals surface area (Å²) in [5.41, 5.74) is 0.723. The predicted molar refractivity (Wildman–Crippen MR) is 70.1 cm³/mol. The van der Waals surface area contributed by atoms with Gasteiger partial charge in [0.1, 0.15) is 6.54 Å². The number of carbonyl (C=O) groups is 2. The second-order valence-electron chi connectivity index (χ2n) is 4.48. The summed E-state index contributed by atoms with van der Waals surface area (Å²) in [5.74, 6) is -1.27. The molecule has 3 heterocycles. The lowest BCUT2D eigenvalue weighted by Crippen LogP contribution is -2.44. The maximum atomic E-state index is 12.3. The van der Waals surface area contributed by atoms with E-state index in [1.165, 1.54) is 27.1 Å². The van der Waals surface area contributed by atoms with E-state index >= 15 is 0 Å². The molecule has 7 nitrogen and oxygen atoms in total. The van der Waals surface area contributed by atoms with Crippen molar-refractivity contribution in [2.45, 2.75) is 19.0 Å². The Morgan fingerprint density at radius 1 is 1.50 bits per heavy atom. The molecule has 0 radical (unpaired) electrons. The number of thiophene rings is 1. The van der Waals surface area contributed by atoms with Gasteiger partial charge in [-0.05, 0) is 23.4 Å². The van der Waals surface area contributed by atoms with Gasteiger partial charge in [-0.1, -0.05) is 5.21 Å². The lowest BCUT2D eigenvalue weighted by molar-refractivity contribution is -0.151. The van der Waals surface area contributed by atoms with Gasteiger partial charge in [0.15, 0.2) is 6.04 Å². The van der Waals surface area contributed by atoms with Crippen molar-refractivity contribution in [3.05, 3.63) is 34.3 Å². The molecule has 3 rings (SSSR count). The molecule has 8 heteroatoms. The topological polar surface area (TPSA) is 88.3 Å². The molecular formula is C12H12N4O3S. The molecule has 0 saturated carbocycles. The van der Waals surface area contributed by atoms with E-state index in [4.69, 9.17) is 0 Å². The normalized spacial score (nSPS) is 17.8. The number of rotatable bonds is 3. The third-order valence-corrected chi connectivity index (χ3v) is 4.29. The summed E-state index contributed by atoms with van der Waals surface area (Å²) in [5, 5.41) is 18.7. The van der Waals surface area contributed by atoms with Crippen LogP contribution in [0.2, 0.25) is 0 Å². The van der Waals surface area contributed by atoms with Gasteiger partial charge in [0.25, 0.3) is 0 Å². The molecule has 1 aliphatic rings. The van der Waals surface area contributed by atoms with Crippen molar-refractivity contribution in [1.82, 2.24) is 19.9 Å². The number of carboxylic acids is 1. The first-order valence-corrected chi connectivity index (χ1v) is 6.97. The van der Waals surface area contributed by atoms with Crippen LogP contribution in [-0.2, 0) is 22.6 Å². The zero-order valence-corrected chi connectivity index (χ0v) is 11.3. The summed E-state index contributed by atoms with van der Waals surface area (Å²) < 4.78 is 1.39. The Balaban J connectivity index is 1.85. The van der Waals surface area contributed by atoms with Gasteiger partial charge in [-0.2, -0.15) is 0 Å². The van der Waals surface area contributed by atoms with Crippen LogP contribution < -0.4 is 0 Å². The lowest BCUT2D eigenvalue weighted by atomic mass is 10.00. The van der Waals surface area contributed by atoms with Crippen LogP contribution in [0.1, 0.15) is 16.5 Å². The van der Waals surface area contributed by atoms with Crippen LogP contribution in [0, 0.1) is 0 Å². The minimum absolute atomic E-state index is 0.00322. The summed E-state index contributed by atoms with van der Waals surface area (Å²) in [6.07, 6.45) is 3.75. The van der Waals surface area contributed by atoms with Crippen LogP contribution in [0.4, 0.5) is 0 Å². The van der Waals surface area contributed by atoms with Gasteiger partial charge in [-0.15, -0.1) is 16.4 Å². The highest BCUT2D eigenvalue weighted by atomic mass is 32.1. The van der Waals surface area contributed by atoms with E-state index in [9.17, 15) is 14.7 Å². The number of carboxylic acid groups (broad SMARTS) is 1. The Morgan fingerprint density at radius 2 is 2.35 bits per heavy atom. The summed E-state index contributed by atoms with van der Waals surface area (Å²) in [4.78, 5) is 26.2. The monoisotopic (exact) mass is 292 g/mol. The number of aromatic nitrogens is 3. The number of hydrogen-bond donors (Lipinski definition) is 1. The molecule has 2 aromatic heterocycles. The van der Waals surface area contributed by atoms with Crippen molar-refractivity contribution < 1.29 is 14.7 Å². The van der Waals surface area contributed by atoms with E-state index in [0.717, 1.165) is 10.4 Å². The molecule has 0 aliphatic carbocycles. The summed E-state index contributed by atoms with van der Waals surface area (Å²) in [6.45, 7) is 0.418. The summed E-state index contributed by atoms with van der Waals surface area (Å²) >= 11 is 1.54. The summed E-state index contributed by atoms with van der Waals surface area (Å²) in [6, 6.07) is 0.884. The van der Waals surface area contributed by atoms with Crippen molar-refractivity contribution in [3.8, 4) is 0 Å². The van der Waals surface area contributed by atoms with Crippen molar-refractivity contribution in [1.29, 1.82) is 0 Å². The largest absolute Gasteiger partial charge is 0.479 e. The van der Waals surface area contributed by atoms with Crippen LogP contribution >= 0.6 is 11.3 Å². The van der Waals surface area contributed by atoms with E-state index in [-0.39, 0.29) is 12.5 Å². The summed E-state index contributed by atoms with van der Waals surface area (Å²) in [7, 11) is 0. The molecule has 0 aromatic carbocycles. The van der Waals surface area contributed by atoms with E-state index < -0.39 is 12.0 Å². The molecule has 2 aromatic rings. The number of carbonyl (C=O) groups excluding carboxylic acids is 1. The average molecular weight is 292 g/mol. The SMILES string of the molecule is O=C(O)C1c2ccsc2CCN1C(=O)Cn1ccnn1. The molecular weight excluding hydrogens is 280 g/mol. The van der Waals surface area contributed by atoms with Gasteiger partial charge in [-0.25, -0.2) is 9.48 Å². The number of hydrogen-bond acceptors (Lipinski definition) is 5. The van der Waals surface area contributed by atoms with E-state index in [0.29, 0.717) is 13.0 Å². The van der Waals surface area contributed by atoms with Crippen LogP contribution in [0.25, 0.3) is 0 Å². The van der Waals surface area contributed by atoms with Crippen molar-refractivity contribution >= 4 is 23.2 Å². The molecule has 0 spiro atoms. The third kappa shape index (κ3) is 2.18. The predicted octanol–water partition coefficient (Wildman–Crippen LogP) is 0.550. The van der Waals surface area contributed by atoms with Gasteiger partial charge >= 0.3 is 5.97 Å². The number of nitrogens with zero attached hydrogens (tertiary/aromatic N) is 4. The molecule has 1 amide bonds. The molecule has 1 aliphatic heterocycles. The average Bonchev–Trinajstić information content (AvgIpc) is 3.06. The molecule has 0 saturated heterocycles. The highest BCUT2D eigenvalue weighted by molar-refractivity contribution is 7.10. The van der Waals surface area contributed by atoms with Crippen molar-refractivity contribution in [3.63, 3.8) is 0 Å². The zero-order valence-electron chi connectivity index (χ0n) is 10.5. The lowest BCUT2D eigenvalue weighted by Gasteiger charge is -2.33.